The fraction of sp³-hybridized carbons (Fsp3) is 0.500. The van der Waals surface area contributed by atoms with E-state index in [0.29, 0.717) is 5.75 Å². The summed E-state index contributed by atoms with van der Waals surface area (Å²) in [5.74, 6) is -0.205. The Labute approximate surface area is 97.0 Å². The van der Waals surface area contributed by atoms with Gasteiger partial charge in [0.1, 0.15) is 5.75 Å². The fourth-order valence-electron chi connectivity index (χ4n) is 2.30. The monoisotopic (exact) mass is 246 g/mol. The van der Waals surface area contributed by atoms with Crippen LogP contribution in [0.4, 0.5) is 13.2 Å². The van der Waals surface area contributed by atoms with E-state index in [9.17, 15) is 13.2 Å². The van der Waals surface area contributed by atoms with Gasteiger partial charge in [0.05, 0.1) is 12.5 Å². The quantitative estimate of drug-likeness (QED) is 0.888. The van der Waals surface area contributed by atoms with Gasteiger partial charge in [0, 0.05) is 12.5 Å². The van der Waals surface area contributed by atoms with Gasteiger partial charge in [-0.2, -0.15) is 13.2 Å². The highest BCUT2D eigenvalue weighted by atomic mass is 19.4. The number of halogens is 3. The number of hydrogen-bond donors (Lipinski definition) is 1. The Morgan fingerprint density at radius 1 is 1.35 bits per heavy atom. The molecule has 0 saturated heterocycles. The minimum atomic E-state index is -4.32. The van der Waals surface area contributed by atoms with E-state index < -0.39 is 24.1 Å². The van der Waals surface area contributed by atoms with Crippen LogP contribution in [0.5, 0.6) is 5.75 Å². The molecular weight excluding hydrogens is 233 g/mol. The van der Waals surface area contributed by atoms with Gasteiger partial charge in [0.25, 0.3) is 0 Å². The fourth-order valence-corrected chi connectivity index (χ4v) is 2.30. The smallest absolute Gasteiger partial charge is 0.398 e. The maximum Gasteiger partial charge on any atom is 0.398 e. The molecule has 0 bridgehead atoms. The van der Waals surface area contributed by atoms with E-state index in [2.05, 4.69) is 0 Å². The van der Waals surface area contributed by atoms with Crippen LogP contribution < -0.4 is 4.74 Å². The molecule has 0 amide bonds. The minimum absolute atomic E-state index is 0.0423. The zero-order valence-electron chi connectivity index (χ0n) is 9.29. The predicted molar refractivity (Wildman–Crippen MR) is 55.9 cm³/mol. The van der Waals surface area contributed by atoms with Crippen LogP contribution in [0.2, 0.25) is 0 Å². The molecule has 94 valence electrons. The van der Waals surface area contributed by atoms with Crippen molar-refractivity contribution >= 4 is 0 Å². The highest BCUT2D eigenvalue weighted by Gasteiger charge is 2.70. The van der Waals surface area contributed by atoms with E-state index in [-0.39, 0.29) is 12.0 Å². The van der Waals surface area contributed by atoms with Crippen LogP contribution in [0.3, 0.4) is 0 Å². The number of methoxy groups -OCH3 is 1. The number of benzene rings is 1. The molecule has 17 heavy (non-hydrogen) atoms. The van der Waals surface area contributed by atoms with Gasteiger partial charge in [-0.1, -0.05) is 12.1 Å². The molecular formula is C12H13F3O2. The third-order valence-corrected chi connectivity index (χ3v) is 3.44. The average Bonchev–Trinajstić information content (AvgIpc) is 3.04. The number of hydrogen-bond acceptors (Lipinski definition) is 2. The Hall–Kier alpha value is -1.23. The summed E-state index contributed by atoms with van der Waals surface area (Å²) in [6.07, 6.45) is -4.37. The maximum absolute atomic E-state index is 13.1. The Morgan fingerprint density at radius 3 is 2.29 bits per heavy atom. The standard InChI is InChI=1S/C12H13F3O2/c1-17-10-4-2-8(3-5-10)11(12(13,14)15)6-9(11)7-16/h2-5,9,16H,6-7H2,1H3. The molecule has 2 rings (SSSR count). The summed E-state index contributed by atoms with van der Waals surface area (Å²) in [5.41, 5.74) is -1.67. The van der Waals surface area contributed by atoms with Gasteiger partial charge in [0.2, 0.25) is 0 Å². The molecule has 0 heterocycles. The van der Waals surface area contributed by atoms with E-state index in [0.717, 1.165) is 0 Å². The topological polar surface area (TPSA) is 29.5 Å². The Balaban J connectivity index is 2.35. The summed E-state index contributed by atoms with van der Waals surface area (Å²) < 4.78 is 44.1. The van der Waals surface area contributed by atoms with Crippen molar-refractivity contribution in [3.63, 3.8) is 0 Å². The molecule has 2 nitrogen and oxygen atoms in total. The third-order valence-electron chi connectivity index (χ3n) is 3.44. The molecule has 0 aliphatic heterocycles. The zero-order valence-corrected chi connectivity index (χ0v) is 9.29. The summed E-state index contributed by atoms with van der Waals surface area (Å²) in [7, 11) is 1.46. The molecule has 2 atom stereocenters. The first kappa shape index (κ1) is 12.2. The lowest BCUT2D eigenvalue weighted by molar-refractivity contribution is -0.166. The first-order valence-electron chi connectivity index (χ1n) is 5.28. The van der Waals surface area contributed by atoms with Crippen molar-refractivity contribution in [3.8, 4) is 5.75 Å². The van der Waals surface area contributed by atoms with Crippen LogP contribution in [-0.4, -0.2) is 25.0 Å². The summed E-state index contributed by atoms with van der Waals surface area (Å²) >= 11 is 0. The highest BCUT2D eigenvalue weighted by Crippen LogP contribution is 2.63. The van der Waals surface area contributed by atoms with E-state index in [1.165, 1.54) is 31.4 Å². The largest absolute Gasteiger partial charge is 0.497 e. The van der Waals surface area contributed by atoms with Gasteiger partial charge < -0.3 is 9.84 Å². The summed E-state index contributed by atoms with van der Waals surface area (Å²) in [4.78, 5) is 0. The van der Waals surface area contributed by atoms with Crippen LogP contribution in [0.1, 0.15) is 12.0 Å². The highest BCUT2D eigenvalue weighted by molar-refractivity contribution is 5.39. The van der Waals surface area contributed by atoms with Crippen molar-refractivity contribution in [1.82, 2.24) is 0 Å². The Bertz CT molecular complexity index is 399. The molecule has 1 aliphatic rings. The lowest BCUT2D eigenvalue weighted by Gasteiger charge is -2.21. The summed E-state index contributed by atoms with van der Waals surface area (Å²) in [6.45, 7) is -0.439. The van der Waals surface area contributed by atoms with Crippen LogP contribution >= 0.6 is 0 Å². The second-order valence-electron chi connectivity index (χ2n) is 4.28. The first-order chi connectivity index (χ1) is 7.95. The van der Waals surface area contributed by atoms with Crippen molar-refractivity contribution in [3.05, 3.63) is 29.8 Å². The van der Waals surface area contributed by atoms with Crippen molar-refractivity contribution in [1.29, 1.82) is 0 Å². The van der Waals surface area contributed by atoms with E-state index in [4.69, 9.17) is 9.84 Å². The lowest BCUT2D eigenvalue weighted by Crippen LogP contribution is -2.31. The van der Waals surface area contributed by atoms with E-state index >= 15 is 0 Å². The molecule has 0 radical (unpaired) electrons. The molecule has 1 N–H and O–H groups in total. The lowest BCUT2D eigenvalue weighted by atomic mass is 9.92. The van der Waals surface area contributed by atoms with Crippen LogP contribution in [0, 0.1) is 5.92 Å². The average molecular weight is 246 g/mol. The predicted octanol–water partition coefficient (Wildman–Crippen LogP) is 2.51. The molecule has 1 fully saturated rings. The van der Waals surface area contributed by atoms with Crippen molar-refractivity contribution in [2.45, 2.75) is 18.0 Å². The molecule has 5 heteroatoms. The summed E-state index contributed by atoms with van der Waals surface area (Å²) in [5, 5.41) is 8.94. The summed E-state index contributed by atoms with van der Waals surface area (Å²) in [6, 6.07) is 5.86. The van der Waals surface area contributed by atoms with Crippen LogP contribution in [-0.2, 0) is 5.41 Å². The van der Waals surface area contributed by atoms with Crippen molar-refractivity contribution < 1.29 is 23.0 Å². The molecule has 1 aromatic carbocycles. The minimum Gasteiger partial charge on any atom is -0.497 e. The second-order valence-corrected chi connectivity index (χ2v) is 4.28. The third kappa shape index (κ3) is 1.78. The van der Waals surface area contributed by atoms with E-state index in [1.807, 2.05) is 0 Å². The van der Waals surface area contributed by atoms with Crippen LogP contribution in [0.25, 0.3) is 0 Å². The number of aliphatic hydroxyl groups excluding tert-OH is 1. The molecule has 2 unspecified atom stereocenters. The number of aliphatic hydroxyl groups is 1. The second kappa shape index (κ2) is 3.91. The van der Waals surface area contributed by atoms with Crippen LogP contribution in [0.15, 0.2) is 24.3 Å². The van der Waals surface area contributed by atoms with Gasteiger partial charge >= 0.3 is 6.18 Å². The van der Waals surface area contributed by atoms with Gasteiger partial charge in [-0.15, -0.1) is 0 Å². The Morgan fingerprint density at radius 2 is 1.94 bits per heavy atom. The zero-order chi connectivity index (χ0) is 12.7. The molecule has 1 aliphatic carbocycles. The normalized spacial score (nSPS) is 27.9. The number of ether oxygens (including phenoxy) is 1. The number of rotatable bonds is 3. The van der Waals surface area contributed by atoms with Crippen molar-refractivity contribution in [2.24, 2.45) is 5.92 Å². The molecule has 1 aromatic rings. The Kier molecular flexibility index (Phi) is 2.81. The van der Waals surface area contributed by atoms with Gasteiger partial charge in [-0.05, 0) is 24.1 Å². The van der Waals surface area contributed by atoms with Gasteiger partial charge in [-0.3, -0.25) is 0 Å². The van der Waals surface area contributed by atoms with E-state index in [1.54, 1.807) is 0 Å². The molecule has 0 aromatic heterocycles. The molecule has 0 spiro atoms. The van der Waals surface area contributed by atoms with Gasteiger partial charge in [0.15, 0.2) is 0 Å². The number of alkyl halides is 3. The first-order valence-corrected chi connectivity index (χ1v) is 5.28. The maximum atomic E-state index is 13.1. The SMILES string of the molecule is COc1ccc(C2(C(F)(F)F)CC2CO)cc1. The van der Waals surface area contributed by atoms with Gasteiger partial charge in [-0.25, -0.2) is 0 Å². The van der Waals surface area contributed by atoms with Crippen molar-refractivity contribution in [2.75, 3.05) is 13.7 Å². The molecule has 1 saturated carbocycles.